The van der Waals surface area contributed by atoms with Crippen molar-refractivity contribution in [3.05, 3.63) is 34.4 Å². The van der Waals surface area contributed by atoms with Crippen LogP contribution in [0.25, 0.3) is 10.9 Å². The number of nitrogens with one attached hydrogen (secondary N) is 2. The van der Waals surface area contributed by atoms with Gasteiger partial charge in [0.2, 0.25) is 0 Å². The van der Waals surface area contributed by atoms with Gasteiger partial charge < -0.3 is 15.0 Å². The van der Waals surface area contributed by atoms with E-state index < -0.39 is 5.60 Å². The van der Waals surface area contributed by atoms with Crippen LogP contribution in [0.2, 0.25) is 0 Å². The molecule has 0 aliphatic carbocycles. The van der Waals surface area contributed by atoms with Gasteiger partial charge in [-0.05, 0) is 51.8 Å². The molecule has 5 heteroatoms. The van der Waals surface area contributed by atoms with Gasteiger partial charge in [0, 0.05) is 27.6 Å². The molecule has 0 radical (unpaired) electrons. The number of hydrogen-bond donors (Lipinski definition) is 2. The van der Waals surface area contributed by atoms with Crippen LogP contribution in [0.1, 0.15) is 33.3 Å². The number of amides is 1. The lowest BCUT2D eigenvalue weighted by molar-refractivity contribution is 0.0508. The number of alkyl carbamates (subject to hydrolysis) is 1. The van der Waals surface area contributed by atoms with E-state index in [1.807, 2.05) is 46.0 Å². The fourth-order valence-electron chi connectivity index (χ4n) is 2.22. The number of halogens is 1. The molecule has 0 bridgehead atoms. The molecule has 2 N–H and O–H groups in total. The molecule has 114 valence electrons. The fourth-order valence-corrected chi connectivity index (χ4v) is 2.58. The fraction of sp³-hybridized carbons (Fsp3) is 0.438. The minimum atomic E-state index is -0.475. The molecule has 1 aromatic heterocycles. The summed E-state index contributed by atoms with van der Waals surface area (Å²) in [6.07, 6.45) is 2.36. The van der Waals surface area contributed by atoms with E-state index >= 15 is 0 Å². The van der Waals surface area contributed by atoms with Gasteiger partial charge in [-0.15, -0.1) is 0 Å². The number of aromatic nitrogens is 1. The molecule has 0 unspecified atom stereocenters. The van der Waals surface area contributed by atoms with Gasteiger partial charge in [-0.1, -0.05) is 22.0 Å². The van der Waals surface area contributed by atoms with Gasteiger partial charge in [-0.3, -0.25) is 0 Å². The van der Waals surface area contributed by atoms with Crippen molar-refractivity contribution < 1.29 is 9.53 Å². The Kier molecular flexibility index (Phi) is 4.61. The van der Waals surface area contributed by atoms with E-state index in [1.54, 1.807) is 0 Å². The Balaban J connectivity index is 2.01. The molecule has 4 nitrogen and oxygen atoms in total. The quantitative estimate of drug-likeness (QED) is 0.860. The summed E-state index contributed by atoms with van der Waals surface area (Å²) >= 11 is 3.46. The van der Waals surface area contributed by atoms with Crippen LogP contribution in [0.4, 0.5) is 4.79 Å². The second-order valence-electron chi connectivity index (χ2n) is 6.26. The monoisotopic (exact) mass is 352 g/mol. The Morgan fingerprint density at radius 1 is 1.43 bits per heavy atom. The molecule has 1 heterocycles. The van der Waals surface area contributed by atoms with Gasteiger partial charge in [-0.2, -0.15) is 0 Å². The number of ether oxygens (including phenoxy) is 1. The zero-order valence-corrected chi connectivity index (χ0v) is 14.4. The van der Waals surface area contributed by atoms with Crippen LogP contribution < -0.4 is 5.32 Å². The Hall–Kier alpha value is -1.49. The van der Waals surface area contributed by atoms with E-state index in [-0.39, 0.29) is 12.1 Å². The van der Waals surface area contributed by atoms with Crippen LogP contribution in [0.3, 0.4) is 0 Å². The second kappa shape index (κ2) is 6.10. The molecule has 2 rings (SSSR count). The molecule has 1 atom stereocenters. The van der Waals surface area contributed by atoms with Gasteiger partial charge >= 0.3 is 6.09 Å². The highest BCUT2D eigenvalue weighted by molar-refractivity contribution is 9.10. The van der Waals surface area contributed by atoms with Gasteiger partial charge in [0.25, 0.3) is 0 Å². The lowest BCUT2D eigenvalue weighted by Gasteiger charge is -2.21. The first kappa shape index (κ1) is 15.9. The van der Waals surface area contributed by atoms with E-state index in [4.69, 9.17) is 4.74 Å². The van der Waals surface area contributed by atoms with Crippen molar-refractivity contribution in [1.82, 2.24) is 10.3 Å². The zero-order chi connectivity index (χ0) is 15.6. The second-order valence-corrected chi connectivity index (χ2v) is 7.17. The zero-order valence-electron chi connectivity index (χ0n) is 12.8. The Labute approximate surface area is 133 Å². The van der Waals surface area contributed by atoms with Crippen molar-refractivity contribution in [1.29, 1.82) is 0 Å². The Morgan fingerprint density at radius 2 is 2.14 bits per heavy atom. The van der Waals surface area contributed by atoms with Crippen LogP contribution in [0, 0.1) is 0 Å². The predicted molar refractivity (Wildman–Crippen MR) is 88.5 cm³/mol. The minimum Gasteiger partial charge on any atom is -0.444 e. The Bertz CT molecular complexity index is 643. The van der Waals surface area contributed by atoms with Gasteiger partial charge in [0.05, 0.1) is 0 Å². The predicted octanol–water partition coefficient (Wildman–Crippen LogP) is 4.39. The molecule has 1 aromatic carbocycles. The topological polar surface area (TPSA) is 54.1 Å². The number of benzene rings is 1. The summed E-state index contributed by atoms with van der Waals surface area (Å²) in [6, 6.07) is 6.14. The smallest absolute Gasteiger partial charge is 0.407 e. The molecule has 0 aliphatic heterocycles. The molecule has 0 fully saturated rings. The highest BCUT2D eigenvalue weighted by Crippen LogP contribution is 2.23. The van der Waals surface area contributed by atoms with Gasteiger partial charge in [-0.25, -0.2) is 4.79 Å². The summed E-state index contributed by atoms with van der Waals surface area (Å²) in [5.41, 5.74) is 1.79. The maximum absolute atomic E-state index is 11.8. The van der Waals surface area contributed by atoms with E-state index in [1.165, 1.54) is 10.9 Å². The van der Waals surface area contributed by atoms with Crippen LogP contribution in [-0.4, -0.2) is 22.7 Å². The lowest BCUT2D eigenvalue weighted by Crippen LogP contribution is -2.38. The summed E-state index contributed by atoms with van der Waals surface area (Å²) in [7, 11) is 0. The molecule has 1 amide bonds. The number of hydrogen-bond acceptors (Lipinski definition) is 2. The van der Waals surface area contributed by atoms with E-state index in [0.717, 1.165) is 16.4 Å². The van der Waals surface area contributed by atoms with Crippen molar-refractivity contribution in [3.63, 3.8) is 0 Å². The molecule has 0 aliphatic rings. The van der Waals surface area contributed by atoms with E-state index in [9.17, 15) is 4.79 Å². The highest BCUT2D eigenvalue weighted by Gasteiger charge is 2.18. The molecule has 21 heavy (non-hydrogen) atoms. The number of carbonyl (C=O) groups excluding carboxylic acids is 1. The number of carbonyl (C=O) groups is 1. The van der Waals surface area contributed by atoms with Crippen molar-refractivity contribution in [2.24, 2.45) is 0 Å². The van der Waals surface area contributed by atoms with Crippen molar-refractivity contribution in [2.75, 3.05) is 0 Å². The first-order valence-corrected chi connectivity index (χ1v) is 7.79. The summed E-state index contributed by atoms with van der Waals surface area (Å²) in [4.78, 5) is 15.0. The first-order chi connectivity index (χ1) is 9.74. The molecule has 0 saturated carbocycles. The van der Waals surface area contributed by atoms with Crippen molar-refractivity contribution >= 4 is 32.9 Å². The number of aromatic amines is 1. The third kappa shape index (κ3) is 4.49. The average Bonchev–Trinajstić information content (AvgIpc) is 2.68. The van der Waals surface area contributed by atoms with Crippen molar-refractivity contribution in [3.8, 4) is 0 Å². The first-order valence-electron chi connectivity index (χ1n) is 6.99. The average molecular weight is 353 g/mol. The van der Waals surface area contributed by atoms with Gasteiger partial charge in [0.15, 0.2) is 0 Å². The van der Waals surface area contributed by atoms with Crippen LogP contribution in [0.15, 0.2) is 28.9 Å². The lowest BCUT2D eigenvalue weighted by atomic mass is 10.1. The normalized spacial score (nSPS) is 13.2. The molecule has 0 saturated heterocycles. The van der Waals surface area contributed by atoms with Crippen molar-refractivity contribution in [2.45, 2.75) is 45.8 Å². The summed E-state index contributed by atoms with van der Waals surface area (Å²) in [5, 5.41) is 4.04. The number of rotatable bonds is 3. The molecular formula is C16H21BrN2O2. The Morgan fingerprint density at radius 3 is 2.81 bits per heavy atom. The van der Waals surface area contributed by atoms with Crippen LogP contribution in [-0.2, 0) is 11.2 Å². The number of fused-ring (bicyclic) bond motifs is 1. The molecule has 0 spiro atoms. The third-order valence-corrected chi connectivity index (χ3v) is 3.51. The van der Waals surface area contributed by atoms with Crippen LogP contribution >= 0.6 is 15.9 Å². The summed E-state index contributed by atoms with van der Waals surface area (Å²) in [5.74, 6) is 0. The summed E-state index contributed by atoms with van der Waals surface area (Å²) < 4.78 is 6.31. The van der Waals surface area contributed by atoms with Crippen LogP contribution in [0.5, 0.6) is 0 Å². The van der Waals surface area contributed by atoms with E-state index in [2.05, 4.69) is 32.3 Å². The maximum atomic E-state index is 11.8. The minimum absolute atomic E-state index is 0.00231. The van der Waals surface area contributed by atoms with E-state index in [0.29, 0.717) is 0 Å². The van der Waals surface area contributed by atoms with Gasteiger partial charge in [0.1, 0.15) is 5.60 Å². The largest absolute Gasteiger partial charge is 0.444 e. The maximum Gasteiger partial charge on any atom is 0.407 e. The highest BCUT2D eigenvalue weighted by atomic mass is 79.9. The summed E-state index contributed by atoms with van der Waals surface area (Å²) in [6.45, 7) is 7.54. The standard InChI is InChI=1S/C16H21BrN2O2/c1-10(19-15(20)21-16(2,3)4)7-11-9-18-14-8-12(17)5-6-13(11)14/h5-6,8-10,18H,7H2,1-4H3,(H,19,20)/t10-/m1/s1. The number of H-pyrrole nitrogens is 1. The third-order valence-electron chi connectivity index (χ3n) is 3.02. The SMILES string of the molecule is C[C@H](Cc1c[nH]c2cc(Br)ccc12)NC(=O)OC(C)(C)C. The molecule has 2 aromatic rings. The molecular weight excluding hydrogens is 332 g/mol.